The van der Waals surface area contributed by atoms with Crippen molar-refractivity contribution in [1.82, 2.24) is 15.1 Å². The number of aromatic nitrogens is 2. The van der Waals surface area contributed by atoms with Gasteiger partial charge in [0.2, 0.25) is 5.43 Å². The number of nitrogens with zero attached hydrogens (tertiary/aromatic N) is 3. The fourth-order valence-electron chi connectivity index (χ4n) is 2.87. The van der Waals surface area contributed by atoms with E-state index >= 15 is 0 Å². The first kappa shape index (κ1) is 20.7. The molecule has 3 rings (SSSR count). The molecule has 0 aliphatic rings. The summed E-state index contributed by atoms with van der Waals surface area (Å²) in [6.07, 6.45) is 0. The summed E-state index contributed by atoms with van der Waals surface area (Å²) in [6.45, 7) is 3.90. The first-order valence-corrected chi connectivity index (χ1v) is 9.19. The lowest BCUT2D eigenvalue weighted by Crippen LogP contribution is -2.34. The van der Waals surface area contributed by atoms with Crippen LogP contribution in [-0.4, -0.2) is 33.8 Å². The Kier molecular flexibility index (Phi) is 6.21. The molecule has 0 aliphatic carbocycles. The lowest BCUT2D eigenvalue weighted by atomic mass is 10.2. The number of nitro groups is 1. The van der Waals surface area contributed by atoms with Gasteiger partial charge in [-0.15, -0.1) is 0 Å². The summed E-state index contributed by atoms with van der Waals surface area (Å²) in [5, 5.41) is 18.0. The number of carbonyl (C=O) groups is 1. The van der Waals surface area contributed by atoms with Crippen LogP contribution in [0.1, 0.15) is 21.7 Å². The highest BCUT2D eigenvalue weighted by atomic mass is 16.6. The van der Waals surface area contributed by atoms with Crippen LogP contribution in [0.2, 0.25) is 0 Å². The smallest absolute Gasteiger partial charge is 0.294 e. The lowest BCUT2D eigenvalue weighted by molar-refractivity contribution is -0.384. The Bertz CT molecular complexity index is 1160. The minimum atomic E-state index is -0.680. The van der Waals surface area contributed by atoms with E-state index in [-0.39, 0.29) is 30.2 Å². The van der Waals surface area contributed by atoms with E-state index in [1.165, 1.54) is 28.9 Å². The summed E-state index contributed by atoms with van der Waals surface area (Å²) < 4.78 is 6.78. The van der Waals surface area contributed by atoms with Gasteiger partial charge in [-0.05, 0) is 37.6 Å². The van der Waals surface area contributed by atoms with Crippen molar-refractivity contribution in [3.63, 3.8) is 0 Å². The standard InChI is InChI=1S/C21H20N4O5/c1-14-6-5-7-16(12-14)30-11-10-22-21(27)20-19(26)13-15(2)24(23-20)17-8-3-4-9-18(17)25(28)29/h3-9,12-13H,10-11H2,1-2H3,(H,22,27). The van der Waals surface area contributed by atoms with Crippen molar-refractivity contribution in [1.29, 1.82) is 0 Å². The lowest BCUT2D eigenvalue weighted by Gasteiger charge is -2.12. The fraction of sp³-hybridized carbons (Fsp3) is 0.190. The predicted molar refractivity (Wildman–Crippen MR) is 110 cm³/mol. The summed E-state index contributed by atoms with van der Waals surface area (Å²) in [5.41, 5.74) is 0.477. The van der Waals surface area contributed by atoms with Crippen LogP contribution >= 0.6 is 0 Å². The fourth-order valence-corrected chi connectivity index (χ4v) is 2.87. The molecule has 1 aromatic heterocycles. The molecular weight excluding hydrogens is 388 g/mol. The third-order valence-corrected chi connectivity index (χ3v) is 4.28. The van der Waals surface area contributed by atoms with Gasteiger partial charge in [-0.2, -0.15) is 5.10 Å². The van der Waals surface area contributed by atoms with Gasteiger partial charge in [0.05, 0.1) is 11.5 Å². The van der Waals surface area contributed by atoms with Gasteiger partial charge in [0, 0.05) is 17.8 Å². The molecule has 1 N–H and O–H groups in total. The van der Waals surface area contributed by atoms with E-state index in [4.69, 9.17) is 4.74 Å². The van der Waals surface area contributed by atoms with Crippen LogP contribution in [-0.2, 0) is 0 Å². The molecular formula is C21H20N4O5. The maximum absolute atomic E-state index is 12.5. The zero-order valence-corrected chi connectivity index (χ0v) is 16.5. The molecule has 3 aromatic rings. The van der Waals surface area contributed by atoms with Crippen LogP contribution < -0.4 is 15.5 Å². The van der Waals surface area contributed by atoms with Crippen molar-refractivity contribution >= 4 is 11.6 Å². The van der Waals surface area contributed by atoms with Crippen molar-refractivity contribution in [3.8, 4) is 11.4 Å². The van der Waals surface area contributed by atoms with Crippen molar-refractivity contribution in [2.45, 2.75) is 13.8 Å². The number of amides is 1. The second-order valence-corrected chi connectivity index (χ2v) is 6.58. The van der Waals surface area contributed by atoms with Gasteiger partial charge in [0.25, 0.3) is 11.6 Å². The summed E-state index contributed by atoms with van der Waals surface area (Å²) >= 11 is 0. The minimum Gasteiger partial charge on any atom is -0.492 e. The van der Waals surface area contributed by atoms with E-state index < -0.39 is 16.3 Å². The Morgan fingerprint density at radius 3 is 2.67 bits per heavy atom. The molecule has 9 nitrogen and oxygen atoms in total. The SMILES string of the molecule is Cc1cccc(OCCNC(=O)c2nn(-c3ccccc3[N+](=O)[O-])c(C)cc2=O)c1. The van der Waals surface area contributed by atoms with E-state index in [0.29, 0.717) is 11.4 Å². The Morgan fingerprint density at radius 2 is 1.93 bits per heavy atom. The van der Waals surface area contributed by atoms with Crippen molar-refractivity contribution < 1.29 is 14.5 Å². The van der Waals surface area contributed by atoms with Gasteiger partial charge in [0.15, 0.2) is 5.69 Å². The normalized spacial score (nSPS) is 10.5. The topological polar surface area (TPSA) is 116 Å². The Labute approximate surface area is 172 Å². The molecule has 0 fully saturated rings. The molecule has 30 heavy (non-hydrogen) atoms. The highest BCUT2D eigenvalue weighted by molar-refractivity contribution is 5.92. The van der Waals surface area contributed by atoms with Crippen molar-refractivity contribution in [2.24, 2.45) is 0 Å². The number of para-hydroxylation sites is 2. The maximum atomic E-state index is 12.5. The number of nitrogens with one attached hydrogen (secondary N) is 1. The molecule has 1 heterocycles. The van der Waals surface area contributed by atoms with Gasteiger partial charge in [0.1, 0.15) is 18.0 Å². The third kappa shape index (κ3) is 4.69. The zero-order valence-electron chi connectivity index (χ0n) is 16.5. The van der Waals surface area contributed by atoms with Crippen molar-refractivity contribution in [2.75, 3.05) is 13.2 Å². The molecule has 0 saturated heterocycles. The van der Waals surface area contributed by atoms with Crippen LogP contribution in [0.15, 0.2) is 59.4 Å². The number of benzene rings is 2. The van der Waals surface area contributed by atoms with Gasteiger partial charge >= 0.3 is 0 Å². The summed E-state index contributed by atoms with van der Waals surface area (Å²) in [5.74, 6) is -0.00312. The highest BCUT2D eigenvalue weighted by Gasteiger charge is 2.19. The third-order valence-electron chi connectivity index (χ3n) is 4.28. The van der Waals surface area contributed by atoms with Crippen molar-refractivity contribution in [3.05, 3.63) is 91.9 Å². The van der Waals surface area contributed by atoms with Crippen LogP contribution in [0.5, 0.6) is 5.75 Å². The minimum absolute atomic E-state index is 0.160. The summed E-state index contributed by atoms with van der Waals surface area (Å²) in [7, 11) is 0. The quantitative estimate of drug-likeness (QED) is 0.365. The second-order valence-electron chi connectivity index (χ2n) is 6.58. The zero-order chi connectivity index (χ0) is 21.7. The molecule has 0 atom stereocenters. The average Bonchev–Trinajstić information content (AvgIpc) is 2.71. The number of hydrogen-bond acceptors (Lipinski definition) is 6. The predicted octanol–water partition coefficient (Wildman–Crippen LogP) is 2.57. The molecule has 0 spiro atoms. The van der Waals surface area contributed by atoms with Crippen LogP contribution in [0, 0.1) is 24.0 Å². The van der Waals surface area contributed by atoms with Gasteiger partial charge in [-0.1, -0.05) is 24.3 Å². The van der Waals surface area contributed by atoms with Gasteiger partial charge < -0.3 is 10.1 Å². The number of carbonyl (C=O) groups excluding carboxylic acids is 1. The highest BCUT2D eigenvalue weighted by Crippen LogP contribution is 2.22. The van der Waals surface area contributed by atoms with E-state index in [9.17, 15) is 19.7 Å². The average molecular weight is 408 g/mol. The van der Waals surface area contributed by atoms with E-state index in [1.54, 1.807) is 13.0 Å². The molecule has 2 aromatic carbocycles. The Balaban J connectivity index is 1.76. The monoisotopic (exact) mass is 408 g/mol. The van der Waals surface area contributed by atoms with Gasteiger partial charge in [-0.3, -0.25) is 19.7 Å². The molecule has 0 radical (unpaired) electrons. The molecule has 154 valence electrons. The number of aryl methyl sites for hydroxylation is 2. The van der Waals surface area contributed by atoms with E-state index in [2.05, 4.69) is 10.4 Å². The summed E-state index contributed by atoms with van der Waals surface area (Å²) in [6, 6.07) is 14.7. The number of nitro benzene ring substituents is 1. The van der Waals surface area contributed by atoms with Crippen LogP contribution in [0.3, 0.4) is 0 Å². The number of ether oxygens (including phenoxy) is 1. The first-order valence-electron chi connectivity index (χ1n) is 9.19. The molecule has 0 aliphatic heterocycles. The van der Waals surface area contributed by atoms with Gasteiger partial charge in [-0.25, -0.2) is 4.68 Å². The largest absolute Gasteiger partial charge is 0.492 e. The molecule has 0 bridgehead atoms. The number of rotatable bonds is 7. The molecule has 9 heteroatoms. The van der Waals surface area contributed by atoms with Crippen LogP contribution in [0.4, 0.5) is 5.69 Å². The molecule has 0 saturated carbocycles. The second kappa shape index (κ2) is 8.99. The van der Waals surface area contributed by atoms with E-state index in [1.807, 2.05) is 31.2 Å². The number of hydrogen-bond donors (Lipinski definition) is 1. The van der Waals surface area contributed by atoms with E-state index in [0.717, 1.165) is 5.56 Å². The Morgan fingerprint density at radius 1 is 1.17 bits per heavy atom. The Hall–Kier alpha value is -4.01. The first-order chi connectivity index (χ1) is 14.4. The summed E-state index contributed by atoms with van der Waals surface area (Å²) in [4.78, 5) is 35.5. The molecule has 1 amide bonds. The van der Waals surface area contributed by atoms with Crippen LogP contribution in [0.25, 0.3) is 5.69 Å². The molecule has 0 unspecified atom stereocenters. The maximum Gasteiger partial charge on any atom is 0.294 e.